The van der Waals surface area contributed by atoms with Gasteiger partial charge >= 0.3 is 6.03 Å². The van der Waals surface area contributed by atoms with Gasteiger partial charge in [0.15, 0.2) is 0 Å². The number of hydrogen-bond acceptors (Lipinski definition) is 2. The SMILES string of the molecule is CNC(=O)NCc1cnn(C)c1C. The number of hydrogen-bond donors (Lipinski definition) is 2. The number of amides is 2. The summed E-state index contributed by atoms with van der Waals surface area (Å²) in [7, 11) is 3.46. The van der Waals surface area contributed by atoms with E-state index in [1.165, 1.54) is 0 Å². The van der Waals surface area contributed by atoms with Crippen molar-refractivity contribution in [3.8, 4) is 0 Å². The average molecular weight is 182 g/mol. The Morgan fingerprint density at radius 3 is 2.85 bits per heavy atom. The molecule has 2 N–H and O–H groups in total. The maximum atomic E-state index is 10.9. The number of rotatable bonds is 2. The molecule has 0 aliphatic rings. The summed E-state index contributed by atoms with van der Waals surface area (Å²) in [4.78, 5) is 10.9. The number of nitrogens with one attached hydrogen (secondary N) is 2. The van der Waals surface area contributed by atoms with Crippen molar-refractivity contribution in [2.24, 2.45) is 7.05 Å². The van der Waals surface area contributed by atoms with Crippen LogP contribution in [0, 0.1) is 6.92 Å². The first kappa shape index (κ1) is 9.57. The van der Waals surface area contributed by atoms with Crippen molar-refractivity contribution in [3.05, 3.63) is 17.5 Å². The van der Waals surface area contributed by atoms with Crippen molar-refractivity contribution >= 4 is 6.03 Å². The molecule has 13 heavy (non-hydrogen) atoms. The molecule has 0 saturated heterocycles. The van der Waals surface area contributed by atoms with Gasteiger partial charge in [-0.15, -0.1) is 0 Å². The second-order valence-corrected chi connectivity index (χ2v) is 2.81. The molecule has 0 spiro atoms. The highest BCUT2D eigenvalue weighted by Crippen LogP contribution is 2.04. The van der Waals surface area contributed by atoms with Crippen LogP contribution < -0.4 is 10.6 Å². The lowest BCUT2D eigenvalue weighted by atomic mass is 10.2. The van der Waals surface area contributed by atoms with E-state index in [2.05, 4.69) is 15.7 Å². The highest BCUT2D eigenvalue weighted by Gasteiger charge is 2.03. The maximum absolute atomic E-state index is 10.9. The highest BCUT2D eigenvalue weighted by molar-refractivity contribution is 5.73. The molecule has 5 heteroatoms. The third-order valence-corrected chi connectivity index (χ3v) is 2.00. The molecule has 0 radical (unpaired) electrons. The molecule has 0 atom stereocenters. The Morgan fingerprint density at radius 1 is 1.69 bits per heavy atom. The second-order valence-electron chi connectivity index (χ2n) is 2.81. The van der Waals surface area contributed by atoms with Gasteiger partial charge in [0.1, 0.15) is 0 Å². The van der Waals surface area contributed by atoms with Gasteiger partial charge in [-0.3, -0.25) is 4.68 Å². The van der Waals surface area contributed by atoms with Crippen molar-refractivity contribution in [2.75, 3.05) is 7.05 Å². The van der Waals surface area contributed by atoms with Crippen molar-refractivity contribution < 1.29 is 4.79 Å². The summed E-state index contributed by atoms with van der Waals surface area (Å²) in [6, 6.07) is -0.178. The Labute approximate surface area is 77.1 Å². The molecule has 72 valence electrons. The van der Waals surface area contributed by atoms with Crippen LogP contribution in [0.1, 0.15) is 11.3 Å². The van der Waals surface area contributed by atoms with E-state index in [1.807, 2.05) is 14.0 Å². The molecule has 5 nitrogen and oxygen atoms in total. The Balaban J connectivity index is 2.55. The number of carbonyl (C=O) groups is 1. The molecule has 0 saturated carbocycles. The largest absolute Gasteiger partial charge is 0.341 e. The Morgan fingerprint density at radius 2 is 2.38 bits per heavy atom. The summed E-state index contributed by atoms with van der Waals surface area (Å²) in [6.07, 6.45) is 1.76. The topological polar surface area (TPSA) is 59.0 Å². The van der Waals surface area contributed by atoms with Gasteiger partial charge in [-0.05, 0) is 6.92 Å². The third kappa shape index (κ3) is 2.21. The molecule has 1 heterocycles. The minimum atomic E-state index is -0.178. The molecule has 1 aromatic rings. The fraction of sp³-hybridized carbons (Fsp3) is 0.500. The lowest BCUT2D eigenvalue weighted by molar-refractivity contribution is 0.242. The van der Waals surface area contributed by atoms with Gasteiger partial charge in [-0.2, -0.15) is 5.10 Å². The van der Waals surface area contributed by atoms with E-state index in [9.17, 15) is 4.79 Å². The van der Waals surface area contributed by atoms with Crippen LogP contribution >= 0.6 is 0 Å². The molecule has 0 unspecified atom stereocenters. The first-order valence-corrected chi connectivity index (χ1v) is 4.08. The van der Waals surface area contributed by atoms with Gasteiger partial charge in [0, 0.05) is 31.9 Å². The summed E-state index contributed by atoms with van der Waals surface area (Å²) >= 11 is 0. The van der Waals surface area contributed by atoms with E-state index < -0.39 is 0 Å². The first-order valence-electron chi connectivity index (χ1n) is 4.08. The van der Waals surface area contributed by atoms with Crippen molar-refractivity contribution in [3.63, 3.8) is 0 Å². The Kier molecular flexibility index (Phi) is 2.89. The highest BCUT2D eigenvalue weighted by atomic mass is 16.2. The Bertz CT molecular complexity index is 305. The third-order valence-electron chi connectivity index (χ3n) is 2.00. The minimum absolute atomic E-state index is 0.178. The van der Waals surface area contributed by atoms with Crippen molar-refractivity contribution in [1.82, 2.24) is 20.4 Å². The monoisotopic (exact) mass is 182 g/mol. The number of carbonyl (C=O) groups excluding carboxylic acids is 1. The van der Waals surface area contributed by atoms with Crippen LogP contribution in [-0.4, -0.2) is 22.9 Å². The van der Waals surface area contributed by atoms with E-state index in [-0.39, 0.29) is 6.03 Å². The predicted molar refractivity (Wildman–Crippen MR) is 49.2 cm³/mol. The summed E-state index contributed by atoms with van der Waals surface area (Å²) in [5, 5.41) is 9.25. The van der Waals surface area contributed by atoms with Crippen molar-refractivity contribution in [2.45, 2.75) is 13.5 Å². The summed E-state index contributed by atoms with van der Waals surface area (Å²) < 4.78 is 1.78. The van der Waals surface area contributed by atoms with Crippen LogP contribution in [0.4, 0.5) is 4.79 Å². The molecule has 0 fully saturated rings. The van der Waals surface area contributed by atoms with Gasteiger partial charge < -0.3 is 10.6 Å². The first-order chi connectivity index (χ1) is 6.15. The normalized spacial score (nSPS) is 9.77. The van der Waals surface area contributed by atoms with Crippen LogP contribution in [0.25, 0.3) is 0 Å². The standard InChI is InChI=1S/C8H14N4O/c1-6-7(5-11-12(6)3)4-10-8(13)9-2/h5H,4H2,1-3H3,(H2,9,10,13). The smallest absolute Gasteiger partial charge is 0.314 e. The number of urea groups is 1. The van der Waals surface area contributed by atoms with E-state index in [1.54, 1.807) is 17.9 Å². The van der Waals surface area contributed by atoms with E-state index in [4.69, 9.17) is 0 Å². The predicted octanol–water partition coefficient (Wildman–Crippen LogP) is 0.158. The van der Waals surface area contributed by atoms with Gasteiger partial charge in [0.2, 0.25) is 0 Å². The van der Waals surface area contributed by atoms with E-state index in [0.29, 0.717) is 6.54 Å². The van der Waals surface area contributed by atoms with Gasteiger partial charge in [-0.1, -0.05) is 0 Å². The summed E-state index contributed by atoms with van der Waals surface area (Å²) in [5.74, 6) is 0. The second kappa shape index (κ2) is 3.93. The molecular formula is C8H14N4O. The lowest BCUT2D eigenvalue weighted by Gasteiger charge is -2.03. The molecular weight excluding hydrogens is 168 g/mol. The van der Waals surface area contributed by atoms with Crippen LogP contribution in [0.2, 0.25) is 0 Å². The summed E-state index contributed by atoms with van der Waals surface area (Å²) in [5.41, 5.74) is 2.10. The van der Waals surface area contributed by atoms with Gasteiger partial charge in [0.05, 0.1) is 6.20 Å². The number of aryl methyl sites for hydroxylation is 1. The fourth-order valence-electron chi connectivity index (χ4n) is 0.982. The molecule has 0 aromatic carbocycles. The molecule has 1 aromatic heterocycles. The van der Waals surface area contributed by atoms with E-state index in [0.717, 1.165) is 11.3 Å². The zero-order chi connectivity index (χ0) is 9.84. The molecule has 0 aliphatic heterocycles. The molecule has 0 bridgehead atoms. The molecule has 1 rings (SSSR count). The van der Waals surface area contributed by atoms with Crippen LogP contribution in [-0.2, 0) is 13.6 Å². The number of nitrogens with zero attached hydrogens (tertiary/aromatic N) is 2. The van der Waals surface area contributed by atoms with E-state index >= 15 is 0 Å². The maximum Gasteiger partial charge on any atom is 0.314 e. The Hall–Kier alpha value is -1.52. The zero-order valence-corrected chi connectivity index (χ0v) is 8.09. The molecule has 2 amide bonds. The minimum Gasteiger partial charge on any atom is -0.341 e. The lowest BCUT2D eigenvalue weighted by Crippen LogP contribution is -2.32. The number of aromatic nitrogens is 2. The fourth-order valence-corrected chi connectivity index (χ4v) is 0.982. The van der Waals surface area contributed by atoms with Crippen LogP contribution in [0.3, 0.4) is 0 Å². The van der Waals surface area contributed by atoms with Gasteiger partial charge in [0.25, 0.3) is 0 Å². The average Bonchev–Trinajstić information content (AvgIpc) is 2.44. The van der Waals surface area contributed by atoms with Crippen molar-refractivity contribution in [1.29, 1.82) is 0 Å². The quantitative estimate of drug-likeness (QED) is 0.684. The van der Waals surface area contributed by atoms with Crippen LogP contribution in [0.15, 0.2) is 6.20 Å². The van der Waals surface area contributed by atoms with Gasteiger partial charge in [-0.25, -0.2) is 4.79 Å². The van der Waals surface area contributed by atoms with Crippen LogP contribution in [0.5, 0.6) is 0 Å². The molecule has 0 aliphatic carbocycles. The zero-order valence-electron chi connectivity index (χ0n) is 8.09. The summed E-state index contributed by atoms with van der Waals surface area (Å²) in [6.45, 7) is 2.48.